The number of aromatic carboxylic acids is 1. The molecule has 7 heteroatoms. The average molecular weight is 300 g/mol. The maximum absolute atomic E-state index is 12.7. The van der Waals surface area contributed by atoms with Gasteiger partial charge in [-0.05, 0) is 35.2 Å². The van der Waals surface area contributed by atoms with E-state index in [1.807, 2.05) is 0 Å². The Morgan fingerprint density at radius 1 is 1.20 bits per heavy atom. The lowest BCUT2D eigenvalue weighted by Gasteiger charge is -2.11. The minimum absolute atomic E-state index is 0.115. The normalized spacial score (nSPS) is 11.3. The second-order valence-electron chi connectivity index (χ2n) is 3.88. The van der Waals surface area contributed by atoms with Crippen LogP contribution < -0.4 is 0 Å². The highest BCUT2D eigenvalue weighted by Gasteiger charge is 2.32. The highest BCUT2D eigenvalue weighted by Crippen LogP contribution is 2.36. The molecule has 0 fully saturated rings. The van der Waals surface area contributed by atoms with Crippen molar-refractivity contribution in [3.05, 3.63) is 45.6 Å². The van der Waals surface area contributed by atoms with E-state index in [0.29, 0.717) is 12.4 Å². The van der Waals surface area contributed by atoms with Crippen molar-refractivity contribution in [1.82, 2.24) is 0 Å². The van der Waals surface area contributed by atoms with Crippen LogP contribution in [0.3, 0.4) is 0 Å². The lowest BCUT2D eigenvalue weighted by Crippen LogP contribution is -2.08. The van der Waals surface area contributed by atoms with E-state index < -0.39 is 17.7 Å². The summed E-state index contributed by atoms with van der Waals surface area (Å²) in [7, 11) is 0. The number of carbonyl (C=O) groups is 2. The fraction of sp³-hybridized carbons (Fsp3) is 0.0769. The van der Waals surface area contributed by atoms with Crippen LogP contribution in [0.15, 0.2) is 29.6 Å². The highest BCUT2D eigenvalue weighted by molar-refractivity contribution is 7.12. The summed E-state index contributed by atoms with van der Waals surface area (Å²) in [6, 6.07) is 3.78. The molecule has 0 bridgehead atoms. The predicted molar refractivity (Wildman–Crippen MR) is 67.1 cm³/mol. The molecule has 0 radical (unpaired) electrons. The van der Waals surface area contributed by atoms with Crippen molar-refractivity contribution in [2.24, 2.45) is 0 Å². The zero-order valence-electron chi connectivity index (χ0n) is 9.77. The number of hydrogen-bond donors (Lipinski definition) is 1. The van der Waals surface area contributed by atoms with Crippen LogP contribution in [0.5, 0.6) is 0 Å². The molecule has 0 unspecified atom stereocenters. The largest absolute Gasteiger partial charge is 0.478 e. The molecule has 0 aliphatic carbocycles. The van der Waals surface area contributed by atoms with Gasteiger partial charge in [-0.25, -0.2) is 4.79 Å². The molecule has 0 atom stereocenters. The fourth-order valence-corrected chi connectivity index (χ4v) is 2.48. The van der Waals surface area contributed by atoms with Gasteiger partial charge >= 0.3 is 12.1 Å². The van der Waals surface area contributed by atoms with E-state index in [2.05, 4.69) is 0 Å². The van der Waals surface area contributed by atoms with Crippen molar-refractivity contribution in [2.45, 2.75) is 6.18 Å². The summed E-state index contributed by atoms with van der Waals surface area (Å²) in [6.07, 6.45) is -4.09. The topological polar surface area (TPSA) is 54.4 Å². The Hall–Kier alpha value is -2.15. The van der Waals surface area contributed by atoms with Gasteiger partial charge in [0.05, 0.1) is 16.0 Å². The van der Waals surface area contributed by atoms with Crippen molar-refractivity contribution >= 4 is 23.6 Å². The van der Waals surface area contributed by atoms with Crippen molar-refractivity contribution < 1.29 is 27.9 Å². The third-order valence-corrected chi connectivity index (χ3v) is 3.51. The lowest BCUT2D eigenvalue weighted by atomic mass is 9.97. The summed E-state index contributed by atoms with van der Waals surface area (Å²) >= 11 is 1.04. The Morgan fingerprint density at radius 2 is 1.90 bits per heavy atom. The number of benzene rings is 1. The summed E-state index contributed by atoms with van der Waals surface area (Å²) < 4.78 is 38.1. The van der Waals surface area contributed by atoms with Crippen LogP contribution in [0.2, 0.25) is 0 Å². The molecule has 0 spiro atoms. The summed E-state index contributed by atoms with van der Waals surface area (Å²) in [6.45, 7) is 0. The highest BCUT2D eigenvalue weighted by atomic mass is 32.1. The summed E-state index contributed by atoms with van der Waals surface area (Å²) in [5.41, 5.74) is -1.16. The Kier molecular flexibility index (Phi) is 3.63. The van der Waals surface area contributed by atoms with Gasteiger partial charge in [-0.15, -0.1) is 11.3 Å². The zero-order chi connectivity index (χ0) is 14.9. The van der Waals surface area contributed by atoms with Gasteiger partial charge in [0.2, 0.25) is 0 Å². The predicted octanol–water partition coefficient (Wildman–Crippen LogP) is 3.94. The van der Waals surface area contributed by atoms with Gasteiger partial charge in [0.25, 0.3) is 0 Å². The second kappa shape index (κ2) is 5.09. The second-order valence-corrected chi connectivity index (χ2v) is 4.83. The van der Waals surface area contributed by atoms with Crippen LogP contribution in [0.4, 0.5) is 13.2 Å². The molecule has 3 nitrogen and oxygen atoms in total. The van der Waals surface area contributed by atoms with E-state index in [0.717, 1.165) is 23.5 Å². The molecule has 1 aromatic heterocycles. The van der Waals surface area contributed by atoms with Crippen LogP contribution in [0, 0.1) is 0 Å². The van der Waals surface area contributed by atoms with Gasteiger partial charge in [-0.1, -0.05) is 0 Å². The molecule has 0 aliphatic rings. The summed E-state index contributed by atoms with van der Waals surface area (Å²) in [4.78, 5) is 22.2. The van der Waals surface area contributed by atoms with Gasteiger partial charge in [0, 0.05) is 5.56 Å². The Morgan fingerprint density at radius 3 is 2.45 bits per heavy atom. The van der Waals surface area contributed by atoms with Crippen molar-refractivity contribution in [1.29, 1.82) is 0 Å². The average Bonchev–Trinajstić information content (AvgIpc) is 2.84. The number of carboxylic acid groups (broad SMARTS) is 1. The van der Waals surface area contributed by atoms with Crippen molar-refractivity contribution in [3.63, 3.8) is 0 Å². The Bertz CT molecular complexity index is 674. The van der Waals surface area contributed by atoms with Gasteiger partial charge in [0.1, 0.15) is 0 Å². The molecule has 0 aliphatic heterocycles. The van der Waals surface area contributed by atoms with Gasteiger partial charge < -0.3 is 5.11 Å². The van der Waals surface area contributed by atoms with Gasteiger partial charge in [-0.3, -0.25) is 4.79 Å². The maximum Gasteiger partial charge on any atom is 0.416 e. The molecule has 104 valence electrons. The molecule has 20 heavy (non-hydrogen) atoms. The number of hydrogen-bond acceptors (Lipinski definition) is 3. The van der Waals surface area contributed by atoms with Crippen LogP contribution in [0.1, 0.15) is 25.6 Å². The molecule has 0 saturated carbocycles. The quantitative estimate of drug-likeness (QED) is 0.873. The van der Waals surface area contributed by atoms with E-state index in [1.54, 1.807) is 0 Å². The lowest BCUT2D eigenvalue weighted by molar-refractivity contribution is -0.137. The number of carbonyl (C=O) groups excluding carboxylic acids is 1. The third kappa shape index (κ3) is 2.57. The van der Waals surface area contributed by atoms with Crippen LogP contribution in [0.25, 0.3) is 11.1 Å². The molecule has 0 amide bonds. The van der Waals surface area contributed by atoms with Crippen LogP contribution in [-0.2, 0) is 6.18 Å². The van der Waals surface area contributed by atoms with Crippen LogP contribution >= 0.6 is 11.3 Å². The zero-order valence-corrected chi connectivity index (χ0v) is 10.6. The van der Waals surface area contributed by atoms with E-state index in [9.17, 15) is 22.8 Å². The number of alkyl halides is 3. The maximum atomic E-state index is 12.7. The first-order valence-electron chi connectivity index (χ1n) is 5.32. The number of rotatable bonds is 3. The number of thiophene rings is 1. The first-order valence-corrected chi connectivity index (χ1v) is 6.20. The van der Waals surface area contributed by atoms with E-state index in [1.165, 1.54) is 11.4 Å². The minimum Gasteiger partial charge on any atom is -0.478 e. The number of halogens is 3. The fourth-order valence-electron chi connectivity index (χ4n) is 1.76. The third-order valence-electron chi connectivity index (χ3n) is 2.67. The molecule has 1 aromatic carbocycles. The standard InChI is InChI=1S/C13H7F3O3S/c14-13(15,16)7-1-2-9(12(18)19)10(5-7)8-3-4-20-11(8)6-17/h1-6H,(H,18,19). The van der Waals surface area contributed by atoms with Crippen molar-refractivity contribution in [3.8, 4) is 11.1 Å². The summed E-state index contributed by atoms with van der Waals surface area (Å²) in [5, 5.41) is 10.6. The molecule has 2 aromatic rings. The Balaban J connectivity index is 2.71. The minimum atomic E-state index is -4.58. The molecule has 1 N–H and O–H groups in total. The first-order chi connectivity index (χ1) is 9.34. The van der Waals surface area contributed by atoms with E-state index in [-0.39, 0.29) is 21.6 Å². The SMILES string of the molecule is O=Cc1sccc1-c1cc(C(F)(F)F)ccc1C(=O)O. The van der Waals surface area contributed by atoms with Gasteiger partial charge in [-0.2, -0.15) is 13.2 Å². The number of aldehydes is 1. The molecular formula is C13H7F3O3S. The molecule has 1 heterocycles. The summed E-state index contributed by atoms with van der Waals surface area (Å²) in [5.74, 6) is -1.35. The number of carboxylic acids is 1. The molecular weight excluding hydrogens is 293 g/mol. The van der Waals surface area contributed by atoms with Gasteiger partial charge in [0.15, 0.2) is 6.29 Å². The molecule has 2 rings (SSSR count). The monoisotopic (exact) mass is 300 g/mol. The van der Waals surface area contributed by atoms with E-state index >= 15 is 0 Å². The first kappa shape index (κ1) is 14.3. The smallest absolute Gasteiger partial charge is 0.416 e. The van der Waals surface area contributed by atoms with E-state index in [4.69, 9.17) is 5.11 Å². The van der Waals surface area contributed by atoms with Crippen LogP contribution in [-0.4, -0.2) is 17.4 Å². The van der Waals surface area contributed by atoms with Crippen molar-refractivity contribution in [2.75, 3.05) is 0 Å². The molecule has 0 saturated heterocycles. The Labute approximate surface area is 115 Å².